The van der Waals surface area contributed by atoms with E-state index in [0.717, 1.165) is 17.7 Å². The predicted molar refractivity (Wildman–Crippen MR) is 119 cm³/mol. The Balaban J connectivity index is 1.60. The lowest BCUT2D eigenvalue weighted by molar-refractivity contribution is -0.115. The number of hydrogen-bond donors (Lipinski definition) is 4. The van der Waals surface area contributed by atoms with Crippen molar-refractivity contribution in [1.82, 2.24) is 0 Å². The predicted octanol–water partition coefficient (Wildman–Crippen LogP) is 2.93. The van der Waals surface area contributed by atoms with Crippen LogP contribution in [0.2, 0.25) is 0 Å². The van der Waals surface area contributed by atoms with Crippen LogP contribution in [0.3, 0.4) is 0 Å². The highest BCUT2D eigenvalue weighted by molar-refractivity contribution is 6.54. The minimum Gasteiger partial charge on any atom is -0.507 e. The van der Waals surface area contributed by atoms with Crippen LogP contribution in [0.1, 0.15) is 22.3 Å². The van der Waals surface area contributed by atoms with Crippen molar-refractivity contribution >= 4 is 28.9 Å². The molecule has 0 radical (unpaired) electrons. The van der Waals surface area contributed by atoms with Gasteiger partial charge in [0.2, 0.25) is 5.91 Å². The summed E-state index contributed by atoms with van der Waals surface area (Å²) in [5.41, 5.74) is 1.71. The van der Waals surface area contributed by atoms with E-state index in [1.165, 1.54) is 11.0 Å². The van der Waals surface area contributed by atoms with Crippen molar-refractivity contribution in [3.05, 3.63) is 88.7 Å². The number of fused-ring (bicyclic) bond motifs is 1. The number of nitrogens with one attached hydrogen (secondary N) is 1. The molecule has 0 aromatic heterocycles. The minimum atomic E-state index is -0.675. The number of aliphatic hydroxyl groups is 1. The average molecular weight is 449 g/mol. The van der Waals surface area contributed by atoms with E-state index in [-0.39, 0.29) is 47.0 Å². The molecule has 0 fully saturated rings. The highest BCUT2D eigenvalue weighted by Gasteiger charge is 2.35. The van der Waals surface area contributed by atoms with E-state index in [0.29, 0.717) is 11.4 Å². The molecule has 8 nitrogen and oxygen atoms in total. The van der Waals surface area contributed by atoms with Gasteiger partial charge in [-0.25, -0.2) is 4.39 Å². The number of rotatable bonds is 6. The van der Waals surface area contributed by atoms with Gasteiger partial charge >= 0.3 is 0 Å². The number of aromatic hydroxyl groups is 1. The third kappa shape index (κ3) is 4.39. The van der Waals surface area contributed by atoms with Crippen molar-refractivity contribution < 1.29 is 29.4 Å². The molecule has 1 heterocycles. The van der Waals surface area contributed by atoms with Gasteiger partial charge in [-0.1, -0.05) is 35.5 Å². The Bertz CT molecular complexity index is 1260. The first-order chi connectivity index (χ1) is 15.9. The lowest BCUT2D eigenvalue weighted by atomic mass is 10.1. The zero-order chi connectivity index (χ0) is 23.5. The van der Waals surface area contributed by atoms with Crippen LogP contribution >= 0.6 is 0 Å². The summed E-state index contributed by atoms with van der Waals surface area (Å²) in [6, 6.07) is 15.9. The first kappa shape index (κ1) is 22.0. The van der Waals surface area contributed by atoms with E-state index >= 15 is 0 Å². The Hall–Kier alpha value is -4.24. The summed E-state index contributed by atoms with van der Waals surface area (Å²) < 4.78 is 13.9. The highest BCUT2D eigenvalue weighted by atomic mass is 19.1. The van der Waals surface area contributed by atoms with Gasteiger partial charge in [-0.05, 0) is 35.9 Å². The zero-order valence-electron chi connectivity index (χ0n) is 17.3. The topological polar surface area (TPSA) is 122 Å². The first-order valence-corrected chi connectivity index (χ1v) is 10.0. The number of benzene rings is 3. The molecular formula is C24H20FN3O5. The monoisotopic (exact) mass is 449 g/mol. The number of phenols is 1. The molecule has 3 aromatic carbocycles. The standard InChI is InChI=1S/C24H20FN3O5/c25-17-9-15(23(31)16(10-17)13-29)12-28-20-7-6-18(11-19(20)22(27-33)24(28)32)26-21(30)8-14-4-2-1-3-5-14/h1-7,9-11,29,31,33H,8,12-13H2,(H,26,30)/b27-22-. The number of aliphatic hydroxyl groups excluding tert-OH is 1. The molecule has 4 N–H and O–H groups in total. The molecule has 0 bridgehead atoms. The van der Waals surface area contributed by atoms with E-state index in [1.807, 2.05) is 30.3 Å². The third-order valence-electron chi connectivity index (χ3n) is 5.31. The fourth-order valence-electron chi connectivity index (χ4n) is 3.76. The van der Waals surface area contributed by atoms with Crippen molar-refractivity contribution in [3.8, 4) is 5.75 Å². The lowest BCUT2D eigenvalue weighted by Crippen LogP contribution is -2.29. The van der Waals surface area contributed by atoms with Crippen LogP contribution in [0.5, 0.6) is 5.75 Å². The number of hydrogen-bond acceptors (Lipinski definition) is 6. The second kappa shape index (κ2) is 9.09. The molecule has 9 heteroatoms. The summed E-state index contributed by atoms with van der Waals surface area (Å²) in [7, 11) is 0. The maximum Gasteiger partial charge on any atom is 0.281 e. The molecule has 3 aromatic rings. The van der Waals surface area contributed by atoms with E-state index in [1.54, 1.807) is 12.1 Å². The molecule has 0 atom stereocenters. The summed E-state index contributed by atoms with van der Waals surface area (Å²) in [4.78, 5) is 26.4. The Labute approximate surface area is 188 Å². The van der Waals surface area contributed by atoms with E-state index in [9.17, 15) is 29.4 Å². The Kier molecular flexibility index (Phi) is 6.05. The summed E-state index contributed by atoms with van der Waals surface area (Å²) >= 11 is 0. The van der Waals surface area contributed by atoms with Crippen molar-refractivity contribution in [2.24, 2.45) is 5.16 Å². The second-order valence-corrected chi connectivity index (χ2v) is 7.51. The van der Waals surface area contributed by atoms with Crippen molar-refractivity contribution in [2.75, 3.05) is 10.2 Å². The Morgan fingerprint density at radius 3 is 2.48 bits per heavy atom. The maximum atomic E-state index is 13.9. The average Bonchev–Trinajstić information content (AvgIpc) is 3.06. The van der Waals surface area contributed by atoms with Gasteiger partial charge in [0.1, 0.15) is 11.6 Å². The van der Waals surface area contributed by atoms with Gasteiger partial charge in [-0.2, -0.15) is 0 Å². The quantitative estimate of drug-likeness (QED) is 0.340. The number of oxime groups is 1. The number of amides is 2. The SMILES string of the molecule is O=C(Cc1ccccc1)Nc1ccc2c(c1)/C(=N/O)C(=O)N2Cc1cc(F)cc(CO)c1O. The van der Waals surface area contributed by atoms with Crippen LogP contribution < -0.4 is 10.2 Å². The zero-order valence-corrected chi connectivity index (χ0v) is 17.3. The van der Waals surface area contributed by atoms with Crippen LogP contribution in [-0.2, 0) is 29.2 Å². The summed E-state index contributed by atoms with van der Waals surface area (Å²) in [6.07, 6.45) is 0.163. The fraction of sp³-hybridized carbons (Fsp3) is 0.125. The fourth-order valence-corrected chi connectivity index (χ4v) is 3.76. The maximum absolute atomic E-state index is 13.9. The van der Waals surface area contributed by atoms with Crippen molar-refractivity contribution in [2.45, 2.75) is 19.6 Å². The molecule has 168 valence electrons. The first-order valence-electron chi connectivity index (χ1n) is 10.0. The van der Waals surface area contributed by atoms with Gasteiger partial charge < -0.3 is 25.6 Å². The summed E-state index contributed by atoms with van der Waals surface area (Å²) in [6.45, 7) is -0.794. The normalized spacial score (nSPS) is 13.9. The molecule has 1 aliphatic heterocycles. The Morgan fingerprint density at radius 1 is 1.06 bits per heavy atom. The number of anilines is 2. The lowest BCUT2D eigenvalue weighted by Gasteiger charge is -2.19. The number of carbonyl (C=O) groups is 2. The summed E-state index contributed by atoms with van der Waals surface area (Å²) in [5.74, 6) is -1.92. The van der Waals surface area contributed by atoms with Crippen LogP contribution in [-0.4, -0.2) is 32.9 Å². The molecule has 33 heavy (non-hydrogen) atoms. The molecule has 0 aliphatic carbocycles. The minimum absolute atomic E-state index is 0.00982. The molecular weight excluding hydrogens is 429 g/mol. The largest absolute Gasteiger partial charge is 0.507 e. The Morgan fingerprint density at radius 2 is 1.79 bits per heavy atom. The molecule has 0 spiro atoms. The van der Waals surface area contributed by atoms with Crippen molar-refractivity contribution in [3.63, 3.8) is 0 Å². The molecule has 0 saturated heterocycles. The third-order valence-corrected chi connectivity index (χ3v) is 5.31. The van der Waals surface area contributed by atoms with E-state index in [2.05, 4.69) is 10.5 Å². The smallest absolute Gasteiger partial charge is 0.281 e. The van der Waals surface area contributed by atoms with Crippen LogP contribution in [0, 0.1) is 5.82 Å². The molecule has 4 rings (SSSR count). The van der Waals surface area contributed by atoms with Crippen molar-refractivity contribution in [1.29, 1.82) is 0 Å². The molecule has 0 saturated carbocycles. The molecule has 2 amide bonds. The van der Waals surface area contributed by atoms with Gasteiger partial charge in [0.25, 0.3) is 5.91 Å². The second-order valence-electron chi connectivity index (χ2n) is 7.51. The van der Waals surface area contributed by atoms with Crippen LogP contribution in [0.4, 0.5) is 15.8 Å². The molecule has 0 unspecified atom stereocenters. The van der Waals surface area contributed by atoms with Crippen LogP contribution in [0.25, 0.3) is 0 Å². The highest BCUT2D eigenvalue weighted by Crippen LogP contribution is 2.35. The van der Waals surface area contributed by atoms with Gasteiger partial charge in [0.05, 0.1) is 25.3 Å². The molecule has 1 aliphatic rings. The van der Waals surface area contributed by atoms with Gasteiger partial charge in [-0.3, -0.25) is 9.59 Å². The van der Waals surface area contributed by atoms with Gasteiger partial charge in [-0.15, -0.1) is 0 Å². The van der Waals surface area contributed by atoms with Gasteiger partial charge in [0.15, 0.2) is 5.71 Å². The number of nitrogens with zero attached hydrogens (tertiary/aromatic N) is 2. The number of carbonyl (C=O) groups excluding carboxylic acids is 2. The van der Waals surface area contributed by atoms with Crippen LogP contribution in [0.15, 0.2) is 65.8 Å². The number of halogens is 1. The van der Waals surface area contributed by atoms with E-state index in [4.69, 9.17) is 0 Å². The van der Waals surface area contributed by atoms with E-state index < -0.39 is 18.3 Å². The summed E-state index contributed by atoms with van der Waals surface area (Å²) in [5, 5.41) is 34.9. The van der Waals surface area contributed by atoms with Gasteiger partial charge in [0, 0.05) is 22.4 Å².